The van der Waals surface area contributed by atoms with Crippen LogP contribution in [0.2, 0.25) is 5.02 Å². The molecule has 0 saturated heterocycles. The molecular weight excluding hydrogens is 254 g/mol. The van der Waals surface area contributed by atoms with E-state index in [4.69, 9.17) is 22.1 Å². The maximum atomic E-state index is 11.8. The summed E-state index contributed by atoms with van der Waals surface area (Å²) in [5.41, 5.74) is 6.25. The summed E-state index contributed by atoms with van der Waals surface area (Å²) in [5.74, 6) is -0.532. The average molecular weight is 268 g/mol. The van der Waals surface area contributed by atoms with Gasteiger partial charge in [0.1, 0.15) is 0 Å². The Labute approximate surface area is 110 Å². The second-order valence-corrected chi connectivity index (χ2v) is 4.75. The van der Waals surface area contributed by atoms with E-state index in [1.165, 1.54) is 18.2 Å². The third kappa shape index (κ3) is 2.82. The fourth-order valence-corrected chi connectivity index (χ4v) is 2.06. The second kappa shape index (κ2) is 5.40. The number of hydrogen-bond acceptors (Lipinski definition) is 4. The van der Waals surface area contributed by atoms with Gasteiger partial charge in [-0.05, 0) is 37.5 Å². The van der Waals surface area contributed by atoms with Crippen LogP contribution in [0.3, 0.4) is 0 Å². The van der Waals surface area contributed by atoms with Crippen molar-refractivity contribution >= 4 is 29.0 Å². The number of ketones is 1. The van der Waals surface area contributed by atoms with Crippen LogP contribution in [0.1, 0.15) is 36.0 Å². The van der Waals surface area contributed by atoms with Crippen LogP contribution in [0.4, 0.5) is 5.69 Å². The van der Waals surface area contributed by atoms with Crippen molar-refractivity contribution in [2.75, 3.05) is 5.73 Å². The molecule has 0 radical (unpaired) electrons. The van der Waals surface area contributed by atoms with Gasteiger partial charge < -0.3 is 10.5 Å². The molecule has 1 fully saturated rings. The number of anilines is 1. The van der Waals surface area contributed by atoms with Gasteiger partial charge in [0.15, 0.2) is 11.9 Å². The van der Waals surface area contributed by atoms with E-state index in [0.29, 0.717) is 29.1 Å². The number of benzene rings is 1. The number of esters is 1. The zero-order valence-electron chi connectivity index (χ0n) is 9.82. The molecule has 1 saturated carbocycles. The van der Waals surface area contributed by atoms with E-state index in [1.54, 1.807) is 0 Å². The lowest BCUT2D eigenvalue weighted by molar-refractivity contribution is -0.129. The van der Waals surface area contributed by atoms with Gasteiger partial charge in [0.2, 0.25) is 0 Å². The van der Waals surface area contributed by atoms with Gasteiger partial charge in [-0.2, -0.15) is 0 Å². The maximum Gasteiger partial charge on any atom is 0.338 e. The largest absolute Gasteiger partial charge is 0.451 e. The molecule has 2 N–H and O–H groups in total. The zero-order valence-corrected chi connectivity index (χ0v) is 10.6. The van der Waals surface area contributed by atoms with E-state index >= 15 is 0 Å². The minimum absolute atomic E-state index is 0.00321. The van der Waals surface area contributed by atoms with E-state index in [2.05, 4.69) is 0 Å². The van der Waals surface area contributed by atoms with Crippen LogP contribution in [-0.2, 0) is 9.53 Å². The van der Waals surface area contributed by atoms with E-state index in [1.807, 2.05) is 0 Å². The average Bonchev–Trinajstić information content (AvgIpc) is 2.35. The minimum atomic E-state index is -0.608. The number of hydrogen-bond donors (Lipinski definition) is 1. The normalized spacial score (nSPS) is 19.6. The van der Waals surface area contributed by atoms with E-state index in [0.717, 1.165) is 12.8 Å². The molecule has 1 aromatic carbocycles. The fraction of sp³-hybridized carbons (Fsp3) is 0.385. The first kappa shape index (κ1) is 12.9. The van der Waals surface area contributed by atoms with Gasteiger partial charge in [0, 0.05) is 6.42 Å². The van der Waals surface area contributed by atoms with Crippen molar-refractivity contribution in [2.24, 2.45) is 0 Å². The molecule has 0 spiro atoms. The molecule has 2 rings (SSSR count). The third-order valence-corrected chi connectivity index (χ3v) is 3.32. The highest BCUT2D eigenvalue weighted by Gasteiger charge is 2.26. The summed E-state index contributed by atoms with van der Waals surface area (Å²) in [6.45, 7) is 0. The Bertz CT molecular complexity index is 487. The molecule has 18 heavy (non-hydrogen) atoms. The van der Waals surface area contributed by atoms with Gasteiger partial charge in [-0.1, -0.05) is 11.6 Å². The number of carbonyl (C=O) groups excluding carboxylic acids is 2. The number of ether oxygens (including phenoxy) is 1. The molecule has 0 aromatic heterocycles. The van der Waals surface area contributed by atoms with Crippen LogP contribution in [0, 0.1) is 0 Å². The van der Waals surface area contributed by atoms with Gasteiger partial charge in [-0.25, -0.2) is 4.79 Å². The predicted octanol–water partition coefficient (Wildman–Crippen LogP) is 2.59. The molecule has 96 valence electrons. The minimum Gasteiger partial charge on any atom is -0.451 e. The Morgan fingerprint density at radius 1 is 1.39 bits per heavy atom. The molecule has 1 aliphatic carbocycles. The van der Waals surface area contributed by atoms with Crippen molar-refractivity contribution in [3.63, 3.8) is 0 Å². The van der Waals surface area contributed by atoms with E-state index in [9.17, 15) is 9.59 Å². The summed E-state index contributed by atoms with van der Waals surface area (Å²) in [6.07, 6.45) is 2.27. The molecule has 0 heterocycles. The first-order chi connectivity index (χ1) is 8.58. The van der Waals surface area contributed by atoms with Gasteiger partial charge in [-0.3, -0.25) is 4.79 Å². The summed E-state index contributed by atoms with van der Waals surface area (Å²) >= 11 is 5.77. The Kier molecular flexibility index (Phi) is 3.87. The summed E-state index contributed by atoms with van der Waals surface area (Å²) in [6, 6.07) is 4.53. The highest BCUT2D eigenvalue weighted by molar-refractivity contribution is 6.33. The molecule has 0 unspecified atom stereocenters. The summed E-state index contributed by atoms with van der Waals surface area (Å²) in [7, 11) is 0. The summed E-state index contributed by atoms with van der Waals surface area (Å²) in [4.78, 5) is 23.4. The van der Waals surface area contributed by atoms with Gasteiger partial charge in [0.05, 0.1) is 16.3 Å². The number of halogens is 1. The van der Waals surface area contributed by atoms with Crippen molar-refractivity contribution < 1.29 is 14.3 Å². The highest BCUT2D eigenvalue weighted by atomic mass is 35.5. The monoisotopic (exact) mass is 267 g/mol. The molecule has 1 aliphatic rings. The van der Waals surface area contributed by atoms with Crippen LogP contribution < -0.4 is 5.73 Å². The van der Waals surface area contributed by atoms with Crippen LogP contribution in [0.25, 0.3) is 0 Å². The van der Waals surface area contributed by atoms with Crippen LogP contribution in [-0.4, -0.2) is 17.9 Å². The third-order valence-electron chi connectivity index (χ3n) is 2.98. The summed E-state index contributed by atoms with van der Waals surface area (Å²) < 4.78 is 5.20. The number of rotatable bonds is 2. The molecule has 0 aliphatic heterocycles. The Morgan fingerprint density at radius 2 is 2.17 bits per heavy atom. The molecular formula is C13H14ClNO3. The van der Waals surface area contributed by atoms with Crippen LogP contribution >= 0.6 is 11.6 Å². The van der Waals surface area contributed by atoms with Crippen LogP contribution in [0.15, 0.2) is 18.2 Å². The highest BCUT2D eigenvalue weighted by Crippen LogP contribution is 2.22. The number of carbonyl (C=O) groups is 2. The lowest BCUT2D eigenvalue weighted by atomic mass is 9.96. The molecule has 4 nitrogen and oxygen atoms in total. The van der Waals surface area contributed by atoms with Gasteiger partial charge in [-0.15, -0.1) is 0 Å². The molecule has 5 heteroatoms. The van der Waals surface area contributed by atoms with E-state index in [-0.39, 0.29) is 5.78 Å². The van der Waals surface area contributed by atoms with Crippen molar-refractivity contribution in [1.82, 2.24) is 0 Å². The standard InChI is InChI=1S/C13H14ClNO3/c14-9-6-5-8(7-10(9)15)13(17)18-12-4-2-1-3-11(12)16/h5-7,12H,1-4,15H2/t12-/m0/s1. The molecule has 0 bridgehead atoms. The summed E-state index contributed by atoms with van der Waals surface area (Å²) in [5, 5.41) is 0.389. The van der Waals surface area contributed by atoms with Crippen molar-refractivity contribution in [3.05, 3.63) is 28.8 Å². The SMILES string of the molecule is Nc1cc(C(=O)O[C@H]2CCCCC2=O)ccc1Cl. The van der Waals surface area contributed by atoms with E-state index < -0.39 is 12.1 Å². The number of nitrogen functional groups attached to an aromatic ring is 1. The second-order valence-electron chi connectivity index (χ2n) is 4.34. The topological polar surface area (TPSA) is 69.4 Å². The lowest BCUT2D eigenvalue weighted by Gasteiger charge is -2.20. The van der Waals surface area contributed by atoms with Crippen LogP contribution in [0.5, 0.6) is 0 Å². The first-order valence-corrected chi connectivity index (χ1v) is 6.24. The fourth-order valence-electron chi connectivity index (χ4n) is 1.94. The molecule has 1 aromatic rings. The smallest absolute Gasteiger partial charge is 0.338 e. The zero-order chi connectivity index (χ0) is 13.1. The molecule has 1 atom stereocenters. The number of Topliss-reactive ketones (excluding diaryl/α,β-unsaturated/α-hetero) is 1. The Morgan fingerprint density at radius 3 is 2.83 bits per heavy atom. The van der Waals surface area contributed by atoms with Crippen molar-refractivity contribution in [1.29, 1.82) is 0 Å². The predicted molar refractivity (Wildman–Crippen MR) is 68.5 cm³/mol. The lowest BCUT2D eigenvalue weighted by Crippen LogP contribution is -2.30. The number of nitrogens with two attached hydrogens (primary N) is 1. The Hall–Kier alpha value is -1.55. The van der Waals surface area contributed by atoms with Crippen molar-refractivity contribution in [3.8, 4) is 0 Å². The molecule has 0 amide bonds. The first-order valence-electron chi connectivity index (χ1n) is 5.86. The van der Waals surface area contributed by atoms with Crippen molar-refractivity contribution in [2.45, 2.75) is 31.8 Å². The quantitative estimate of drug-likeness (QED) is 0.660. The van der Waals surface area contributed by atoms with Gasteiger partial charge >= 0.3 is 5.97 Å². The van der Waals surface area contributed by atoms with Gasteiger partial charge in [0.25, 0.3) is 0 Å². The Balaban J connectivity index is 2.07. The maximum absolute atomic E-state index is 11.8.